The van der Waals surface area contributed by atoms with Crippen LogP contribution in [0.15, 0.2) is 24.3 Å². The van der Waals surface area contributed by atoms with Gasteiger partial charge in [0.05, 0.1) is 6.10 Å². The molecule has 1 unspecified atom stereocenters. The quantitative estimate of drug-likeness (QED) is 0.791. The zero-order valence-corrected chi connectivity index (χ0v) is 11.9. The third-order valence-corrected chi connectivity index (χ3v) is 3.70. The predicted molar refractivity (Wildman–Crippen MR) is 75.7 cm³/mol. The number of aryl methyl sites for hydroxylation is 1. The van der Waals surface area contributed by atoms with Crippen molar-refractivity contribution >= 4 is 0 Å². The maximum Gasteiger partial charge on any atom is 0.0703 e. The van der Waals surface area contributed by atoms with E-state index in [4.69, 9.17) is 4.74 Å². The summed E-state index contributed by atoms with van der Waals surface area (Å²) in [6, 6.07) is 9.43. The molecular formula is C16H25NO. The Morgan fingerprint density at radius 3 is 2.56 bits per heavy atom. The van der Waals surface area contributed by atoms with Gasteiger partial charge in [0.15, 0.2) is 0 Å². The summed E-state index contributed by atoms with van der Waals surface area (Å²) in [6.07, 6.45) is 2.89. The molecule has 0 saturated carbocycles. The molecule has 1 saturated heterocycles. The van der Waals surface area contributed by atoms with Crippen LogP contribution < -0.4 is 0 Å². The molecule has 1 aromatic rings. The van der Waals surface area contributed by atoms with Crippen LogP contribution in [0.2, 0.25) is 0 Å². The van der Waals surface area contributed by atoms with Crippen LogP contribution in [0.4, 0.5) is 0 Å². The predicted octanol–water partition coefficient (Wildman–Crippen LogP) is 3.38. The summed E-state index contributed by atoms with van der Waals surface area (Å²) in [7, 11) is 0. The van der Waals surface area contributed by atoms with Crippen molar-refractivity contribution in [2.75, 3.05) is 13.2 Å². The largest absolute Gasteiger partial charge is 0.377 e. The Hall–Kier alpha value is -0.860. The fourth-order valence-electron chi connectivity index (χ4n) is 2.44. The highest BCUT2D eigenvalue weighted by molar-refractivity contribution is 5.21. The van der Waals surface area contributed by atoms with Crippen LogP contribution in [0.1, 0.15) is 37.8 Å². The van der Waals surface area contributed by atoms with E-state index in [-0.39, 0.29) is 0 Å². The van der Waals surface area contributed by atoms with Gasteiger partial charge < -0.3 is 4.74 Å². The van der Waals surface area contributed by atoms with E-state index in [1.807, 2.05) is 0 Å². The zero-order chi connectivity index (χ0) is 13.0. The van der Waals surface area contributed by atoms with Gasteiger partial charge in [-0.2, -0.15) is 0 Å². The van der Waals surface area contributed by atoms with Crippen molar-refractivity contribution in [1.82, 2.24) is 4.90 Å². The molecule has 0 bridgehead atoms. The van der Waals surface area contributed by atoms with Crippen LogP contribution in [0.5, 0.6) is 0 Å². The van der Waals surface area contributed by atoms with E-state index in [0.29, 0.717) is 12.1 Å². The summed E-state index contributed by atoms with van der Waals surface area (Å²) in [4.78, 5) is 2.51. The van der Waals surface area contributed by atoms with Crippen molar-refractivity contribution in [3.8, 4) is 0 Å². The third kappa shape index (κ3) is 3.82. The van der Waals surface area contributed by atoms with Crippen molar-refractivity contribution in [2.24, 2.45) is 0 Å². The number of nitrogens with zero attached hydrogens (tertiary/aromatic N) is 1. The van der Waals surface area contributed by atoms with Crippen molar-refractivity contribution < 1.29 is 4.74 Å². The molecule has 2 nitrogen and oxygen atoms in total. The Morgan fingerprint density at radius 2 is 2.00 bits per heavy atom. The Bertz CT molecular complexity index is 352. The lowest BCUT2D eigenvalue weighted by Gasteiger charge is -2.29. The smallest absolute Gasteiger partial charge is 0.0703 e. The molecule has 0 amide bonds. The highest BCUT2D eigenvalue weighted by atomic mass is 16.5. The van der Waals surface area contributed by atoms with E-state index >= 15 is 0 Å². The molecule has 100 valence electrons. The highest BCUT2D eigenvalue weighted by Crippen LogP contribution is 2.17. The van der Waals surface area contributed by atoms with E-state index in [1.165, 1.54) is 24.0 Å². The first-order valence-electron chi connectivity index (χ1n) is 7.06. The standard InChI is InChI=1S/C16H25NO/c1-13(2)17(12-16-5-4-10-18-16)11-15-8-6-14(3)7-9-15/h6-9,13,16H,4-5,10-12H2,1-3H3. The van der Waals surface area contributed by atoms with Gasteiger partial charge >= 0.3 is 0 Å². The van der Waals surface area contributed by atoms with Crippen LogP contribution in [-0.4, -0.2) is 30.2 Å². The zero-order valence-electron chi connectivity index (χ0n) is 11.9. The van der Waals surface area contributed by atoms with E-state index < -0.39 is 0 Å². The van der Waals surface area contributed by atoms with E-state index in [2.05, 4.69) is 49.9 Å². The minimum Gasteiger partial charge on any atom is -0.377 e. The summed E-state index contributed by atoms with van der Waals surface area (Å²) < 4.78 is 5.75. The summed E-state index contributed by atoms with van der Waals surface area (Å²) in [6.45, 7) is 9.70. The van der Waals surface area contributed by atoms with Gasteiger partial charge in [-0.15, -0.1) is 0 Å². The molecule has 1 aromatic carbocycles. The Kier molecular flexibility index (Phi) is 4.79. The second kappa shape index (κ2) is 6.35. The number of ether oxygens (including phenoxy) is 1. The van der Waals surface area contributed by atoms with Gasteiger partial charge in [-0.1, -0.05) is 29.8 Å². The molecule has 0 N–H and O–H groups in total. The lowest BCUT2D eigenvalue weighted by atomic mass is 10.1. The molecule has 18 heavy (non-hydrogen) atoms. The second-order valence-corrected chi connectivity index (χ2v) is 5.64. The van der Waals surface area contributed by atoms with Gasteiger partial charge in [-0.3, -0.25) is 4.90 Å². The minimum atomic E-state index is 0.442. The summed E-state index contributed by atoms with van der Waals surface area (Å²) in [5.41, 5.74) is 2.72. The van der Waals surface area contributed by atoms with Crippen molar-refractivity contribution in [1.29, 1.82) is 0 Å². The van der Waals surface area contributed by atoms with Crippen molar-refractivity contribution in [2.45, 2.75) is 52.3 Å². The first kappa shape index (κ1) is 13.6. The molecule has 1 fully saturated rings. The molecule has 1 aliphatic rings. The van der Waals surface area contributed by atoms with Gasteiger partial charge in [-0.05, 0) is 39.2 Å². The van der Waals surface area contributed by atoms with Crippen LogP contribution in [0.3, 0.4) is 0 Å². The van der Waals surface area contributed by atoms with Crippen molar-refractivity contribution in [3.05, 3.63) is 35.4 Å². The minimum absolute atomic E-state index is 0.442. The Balaban J connectivity index is 1.94. The SMILES string of the molecule is Cc1ccc(CN(CC2CCCO2)C(C)C)cc1. The molecule has 1 aliphatic heterocycles. The molecule has 2 heteroatoms. The maximum atomic E-state index is 5.75. The highest BCUT2D eigenvalue weighted by Gasteiger charge is 2.20. The van der Waals surface area contributed by atoms with Gasteiger partial charge in [0.2, 0.25) is 0 Å². The summed E-state index contributed by atoms with van der Waals surface area (Å²) >= 11 is 0. The number of hydrogen-bond donors (Lipinski definition) is 0. The fraction of sp³-hybridized carbons (Fsp3) is 0.625. The van der Waals surface area contributed by atoms with Crippen LogP contribution >= 0.6 is 0 Å². The summed E-state index contributed by atoms with van der Waals surface area (Å²) in [5.74, 6) is 0. The fourth-order valence-corrected chi connectivity index (χ4v) is 2.44. The lowest BCUT2D eigenvalue weighted by molar-refractivity contribution is 0.0593. The first-order valence-corrected chi connectivity index (χ1v) is 7.06. The molecule has 1 atom stereocenters. The first-order chi connectivity index (χ1) is 8.65. The van der Waals surface area contributed by atoms with E-state index in [1.54, 1.807) is 0 Å². The summed E-state index contributed by atoms with van der Waals surface area (Å²) in [5, 5.41) is 0. The second-order valence-electron chi connectivity index (χ2n) is 5.64. The number of benzene rings is 1. The number of hydrogen-bond acceptors (Lipinski definition) is 2. The van der Waals surface area contributed by atoms with Crippen LogP contribution in [0.25, 0.3) is 0 Å². The Morgan fingerprint density at radius 1 is 1.28 bits per heavy atom. The average Bonchev–Trinajstić information content (AvgIpc) is 2.84. The average molecular weight is 247 g/mol. The van der Waals surface area contributed by atoms with E-state index in [9.17, 15) is 0 Å². The maximum absolute atomic E-state index is 5.75. The molecule has 1 heterocycles. The molecule has 0 spiro atoms. The van der Waals surface area contributed by atoms with Gasteiger partial charge in [0.1, 0.15) is 0 Å². The number of rotatable bonds is 5. The topological polar surface area (TPSA) is 12.5 Å². The molecule has 0 radical (unpaired) electrons. The Labute approximate surface area is 111 Å². The molecule has 2 rings (SSSR count). The molecule has 0 aromatic heterocycles. The van der Waals surface area contributed by atoms with Gasteiger partial charge in [-0.25, -0.2) is 0 Å². The normalized spacial score (nSPS) is 19.9. The van der Waals surface area contributed by atoms with E-state index in [0.717, 1.165) is 19.7 Å². The molecular weight excluding hydrogens is 222 g/mol. The third-order valence-electron chi connectivity index (χ3n) is 3.70. The van der Waals surface area contributed by atoms with Crippen LogP contribution in [-0.2, 0) is 11.3 Å². The van der Waals surface area contributed by atoms with Crippen molar-refractivity contribution in [3.63, 3.8) is 0 Å². The monoisotopic (exact) mass is 247 g/mol. The van der Waals surface area contributed by atoms with Gasteiger partial charge in [0.25, 0.3) is 0 Å². The van der Waals surface area contributed by atoms with Crippen LogP contribution in [0, 0.1) is 6.92 Å². The lowest BCUT2D eigenvalue weighted by Crippen LogP contribution is -2.36. The molecule has 0 aliphatic carbocycles. The van der Waals surface area contributed by atoms with Gasteiger partial charge in [0, 0.05) is 25.7 Å².